The Hall–Kier alpha value is -2.81. The number of aromatic amines is 2. The Morgan fingerprint density at radius 3 is 2.75 bits per heavy atom. The predicted octanol–water partition coefficient (Wildman–Crippen LogP) is 2.17. The van der Waals surface area contributed by atoms with Crippen molar-refractivity contribution in [3.63, 3.8) is 0 Å². The summed E-state index contributed by atoms with van der Waals surface area (Å²) in [6.45, 7) is 0.143. The number of benzene rings is 1. The lowest BCUT2D eigenvalue weighted by atomic mass is 10.3. The lowest BCUT2D eigenvalue weighted by Gasteiger charge is -1.96. The van der Waals surface area contributed by atoms with Gasteiger partial charge in [0.15, 0.2) is 11.4 Å². The number of nitro benzene ring substituents is 1. The number of nitrogens with one attached hydrogen (secondary N) is 2. The van der Waals surface area contributed by atoms with Crippen molar-refractivity contribution in [3.05, 3.63) is 50.4 Å². The Labute approximate surface area is 112 Å². The Morgan fingerprint density at radius 1 is 1.30 bits per heavy atom. The monoisotopic (exact) mass is 277 g/mol. The molecule has 0 saturated heterocycles. The smallest absolute Gasteiger partial charge is 0.296 e. The number of nitrogens with zero attached hydrogens (tertiary/aromatic N) is 3. The first-order valence-corrected chi connectivity index (χ1v) is 5.57. The first kappa shape index (κ1) is 13.6. The maximum Gasteiger partial charge on any atom is 0.296 e. The minimum Gasteiger partial charge on any atom is -0.378 e. The van der Waals surface area contributed by atoms with E-state index in [1.54, 1.807) is 6.07 Å². The average molecular weight is 277 g/mol. The van der Waals surface area contributed by atoms with Gasteiger partial charge < -0.3 is 4.74 Å². The van der Waals surface area contributed by atoms with E-state index in [2.05, 4.69) is 20.4 Å². The zero-order chi connectivity index (χ0) is 14.5. The van der Waals surface area contributed by atoms with E-state index in [1.165, 1.54) is 25.3 Å². The van der Waals surface area contributed by atoms with Gasteiger partial charge in [0, 0.05) is 13.2 Å². The molecule has 0 fully saturated rings. The van der Waals surface area contributed by atoms with Gasteiger partial charge in [-0.25, -0.2) is 0 Å². The molecule has 0 saturated carbocycles. The number of aromatic nitrogens is 2. The highest BCUT2D eigenvalue weighted by molar-refractivity contribution is 5.56. The lowest BCUT2D eigenvalue weighted by Crippen LogP contribution is -1.97. The summed E-state index contributed by atoms with van der Waals surface area (Å²) >= 11 is 0. The summed E-state index contributed by atoms with van der Waals surface area (Å²) in [5, 5.41) is 23.3. The highest BCUT2D eigenvalue weighted by atomic mass is 16.6. The number of para-hydroxylation sites is 1. The topological polar surface area (TPSA) is 126 Å². The number of hydrogen-bond acceptors (Lipinski definition) is 6. The van der Waals surface area contributed by atoms with Gasteiger partial charge in [-0.15, -0.1) is 10.2 Å². The molecule has 0 aliphatic carbocycles. The number of H-pyrrole nitrogens is 2. The van der Waals surface area contributed by atoms with Crippen molar-refractivity contribution in [3.8, 4) is 0 Å². The quantitative estimate of drug-likeness (QED) is 0.493. The normalized spacial score (nSPS) is 11.1. The van der Waals surface area contributed by atoms with E-state index in [1.807, 2.05) is 0 Å². The van der Waals surface area contributed by atoms with Crippen LogP contribution in [0.25, 0.3) is 0 Å². The molecule has 2 N–H and O–H groups in total. The van der Waals surface area contributed by atoms with Gasteiger partial charge in [0.1, 0.15) is 0 Å². The average Bonchev–Trinajstić information content (AvgIpc) is 2.78. The minimum absolute atomic E-state index is 0.0324. The van der Waals surface area contributed by atoms with E-state index < -0.39 is 10.5 Å². The number of ether oxygens (including phenoxy) is 1. The molecule has 2 aromatic rings. The molecule has 0 atom stereocenters. The van der Waals surface area contributed by atoms with E-state index in [9.17, 15) is 14.9 Å². The Morgan fingerprint density at radius 2 is 2.05 bits per heavy atom. The standard InChI is InChI=1S/C11H11N5O4/c1-20-6-8-10(11(17)15-13-8)14-12-7-4-2-3-5-9(7)16(18)19/h2-5H,6H2,1H3,(H2,13,15,17). The molecule has 0 amide bonds. The zero-order valence-corrected chi connectivity index (χ0v) is 10.5. The molecular formula is C11H11N5O4. The van der Waals surface area contributed by atoms with Crippen molar-refractivity contribution in [1.29, 1.82) is 0 Å². The third-order valence-electron chi connectivity index (χ3n) is 2.45. The van der Waals surface area contributed by atoms with Gasteiger partial charge >= 0.3 is 0 Å². The highest BCUT2D eigenvalue weighted by Gasteiger charge is 2.13. The third-order valence-corrected chi connectivity index (χ3v) is 2.45. The molecule has 0 radical (unpaired) electrons. The third kappa shape index (κ3) is 2.78. The van der Waals surface area contributed by atoms with Gasteiger partial charge in [-0.3, -0.25) is 25.1 Å². The molecule has 0 bridgehead atoms. The summed E-state index contributed by atoms with van der Waals surface area (Å²) < 4.78 is 4.90. The summed E-state index contributed by atoms with van der Waals surface area (Å²) in [5.41, 5.74) is -0.137. The van der Waals surface area contributed by atoms with Gasteiger partial charge in [0.05, 0.1) is 17.2 Å². The van der Waals surface area contributed by atoms with Crippen LogP contribution in [0.15, 0.2) is 39.3 Å². The summed E-state index contributed by atoms with van der Waals surface area (Å²) in [7, 11) is 1.47. The number of nitro groups is 1. The van der Waals surface area contributed by atoms with Gasteiger partial charge in [0.2, 0.25) is 0 Å². The second kappa shape index (κ2) is 5.89. The SMILES string of the molecule is COCc1[nH][nH]c(=O)c1N=Nc1ccccc1[N+](=O)[O-]. The minimum atomic E-state index is -0.564. The largest absolute Gasteiger partial charge is 0.378 e. The molecule has 0 aliphatic rings. The predicted molar refractivity (Wildman–Crippen MR) is 69.4 cm³/mol. The van der Waals surface area contributed by atoms with Crippen molar-refractivity contribution in [2.75, 3.05) is 7.11 Å². The van der Waals surface area contributed by atoms with Crippen molar-refractivity contribution in [2.24, 2.45) is 10.2 Å². The van der Waals surface area contributed by atoms with Crippen LogP contribution in [0.5, 0.6) is 0 Å². The molecule has 9 heteroatoms. The maximum atomic E-state index is 11.5. The van der Waals surface area contributed by atoms with E-state index in [-0.39, 0.29) is 23.7 Å². The second-order valence-corrected chi connectivity index (χ2v) is 3.79. The second-order valence-electron chi connectivity index (χ2n) is 3.79. The number of hydrogen-bond donors (Lipinski definition) is 2. The summed E-state index contributed by atoms with van der Waals surface area (Å²) in [6.07, 6.45) is 0. The van der Waals surface area contributed by atoms with Gasteiger partial charge in [0.25, 0.3) is 11.2 Å². The van der Waals surface area contributed by atoms with Gasteiger partial charge in [-0.05, 0) is 6.07 Å². The van der Waals surface area contributed by atoms with Crippen molar-refractivity contribution >= 4 is 17.1 Å². The van der Waals surface area contributed by atoms with Crippen LogP contribution < -0.4 is 5.56 Å². The van der Waals surface area contributed by atoms with Crippen LogP contribution in [-0.4, -0.2) is 22.2 Å². The van der Waals surface area contributed by atoms with Crippen LogP contribution in [0.2, 0.25) is 0 Å². The number of azo groups is 1. The zero-order valence-electron chi connectivity index (χ0n) is 10.5. The molecule has 0 spiro atoms. The molecule has 0 unspecified atom stereocenters. The van der Waals surface area contributed by atoms with Crippen LogP contribution in [0.3, 0.4) is 0 Å². The maximum absolute atomic E-state index is 11.5. The van der Waals surface area contributed by atoms with Gasteiger partial charge in [-0.2, -0.15) is 0 Å². The number of methoxy groups -OCH3 is 1. The first-order chi connectivity index (χ1) is 9.63. The van der Waals surface area contributed by atoms with Crippen molar-refractivity contribution < 1.29 is 9.66 Å². The molecule has 0 aliphatic heterocycles. The van der Waals surface area contributed by atoms with E-state index in [0.29, 0.717) is 5.69 Å². The fourth-order valence-electron chi connectivity index (χ4n) is 1.55. The van der Waals surface area contributed by atoms with Crippen LogP contribution in [0, 0.1) is 10.1 Å². The Bertz CT molecular complexity index is 703. The molecule has 104 valence electrons. The molecule has 1 aromatic carbocycles. The van der Waals surface area contributed by atoms with Crippen LogP contribution in [0.1, 0.15) is 5.69 Å². The van der Waals surface area contributed by atoms with E-state index in [0.717, 1.165) is 0 Å². The Balaban J connectivity index is 2.37. The van der Waals surface area contributed by atoms with Crippen LogP contribution in [-0.2, 0) is 11.3 Å². The molecule has 2 rings (SSSR count). The van der Waals surface area contributed by atoms with Crippen molar-refractivity contribution in [2.45, 2.75) is 6.61 Å². The van der Waals surface area contributed by atoms with Crippen molar-refractivity contribution in [1.82, 2.24) is 10.2 Å². The van der Waals surface area contributed by atoms with Crippen LogP contribution >= 0.6 is 0 Å². The number of rotatable bonds is 5. The van der Waals surface area contributed by atoms with E-state index in [4.69, 9.17) is 4.74 Å². The first-order valence-electron chi connectivity index (χ1n) is 5.57. The molecule has 20 heavy (non-hydrogen) atoms. The summed E-state index contributed by atoms with van der Waals surface area (Å²) in [5.74, 6) is 0. The highest BCUT2D eigenvalue weighted by Crippen LogP contribution is 2.28. The molecule has 9 nitrogen and oxygen atoms in total. The fraction of sp³-hybridized carbons (Fsp3) is 0.182. The Kier molecular flexibility index (Phi) is 4.01. The summed E-state index contributed by atoms with van der Waals surface area (Å²) in [4.78, 5) is 21.8. The molecular weight excluding hydrogens is 266 g/mol. The molecule has 1 aromatic heterocycles. The van der Waals surface area contributed by atoms with Crippen LogP contribution in [0.4, 0.5) is 17.1 Å². The fourth-order valence-corrected chi connectivity index (χ4v) is 1.55. The van der Waals surface area contributed by atoms with E-state index >= 15 is 0 Å². The lowest BCUT2D eigenvalue weighted by molar-refractivity contribution is -0.384. The molecule has 1 heterocycles. The summed E-state index contributed by atoms with van der Waals surface area (Å²) in [6, 6.07) is 5.87. The van der Waals surface area contributed by atoms with Gasteiger partial charge in [-0.1, -0.05) is 12.1 Å².